The number of aromatic nitrogens is 1. The molecule has 1 N–H and O–H groups in total. The summed E-state index contributed by atoms with van der Waals surface area (Å²) in [6.45, 7) is 0.134. The highest BCUT2D eigenvalue weighted by atomic mass is 35.5. The second-order valence-corrected chi connectivity index (χ2v) is 4.24. The van der Waals surface area contributed by atoms with E-state index in [0.29, 0.717) is 15.7 Å². The largest absolute Gasteiger partial charge is 0.456 e. The van der Waals surface area contributed by atoms with E-state index in [-0.39, 0.29) is 6.61 Å². The summed E-state index contributed by atoms with van der Waals surface area (Å²) in [4.78, 5) is 14.3. The van der Waals surface area contributed by atoms with Crippen LogP contribution < -0.4 is 0 Å². The number of hydrogen-bond donors (Lipinski definition) is 1. The Morgan fingerprint density at radius 3 is 2.71 bits per heavy atom. The average Bonchev–Trinajstić information content (AvgIpc) is 2.74. The number of carbonyl (C=O) groups excluding carboxylic acids is 1. The minimum Gasteiger partial charge on any atom is -0.456 e. The highest BCUT2D eigenvalue weighted by Crippen LogP contribution is 2.17. The van der Waals surface area contributed by atoms with Gasteiger partial charge in [0.05, 0.1) is 5.02 Å². The molecule has 0 amide bonds. The van der Waals surface area contributed by atoms with Gasteiger partial charge in [0.25, 0.3) is 0 Å². The SMILES string of the molecule is O=C(OCc1ccccc1Cl)c1cc(Cl)c[nH]1. The molecule has 5 heteroatoms. The molecule has 0 aliphatic carbocycles. The first kappa shape index (κ1) is 12.0. The van der Waals surface area contributed by atoms with Crippen LogP contribution in [-0.4, -0.2) is 11.0 Å². The van der Waals surface area contributed by atoms with Crippen molar-refractivity contribution in [3.8, 4) is 0 Å². The molecule has 0 spiro atoms. The topological polar surface area (TPSA) is 42.1 Å². The zero-order valence-electron chi connectivity index (χ0n) is 8.74. The molecular formula is C12H9Cl2NO2. The van der Waals surface area contributed by atoms with Gasteiger partial charge in [-0.3, -0.25) is 0 Å². The van der Waals surface area contributed by atoms with Crippen molar-refractivity contribution in [3.63, 3.8) is 0 Å². The Bertz CT molecular complexity index is 537. The van der Waals surface area contributed by atoms with Gasteiger partial charge in [-0.05, 0) is 12.1 Å². The first-order valence-electron chi connectivity index (χ1n) is 4.91. The first-order valence-corrected chi connectivity index (χ1v) is 5.67. The van der Waals surface area contributed by atoms with Crippen LogP contribution in [0.1, 0.15) is 16.1 Å². The Morgan fingerprint density at radius 2 is 2.06 bits per heavy atom. The van der Waals surface area contributed by atoms with Gasteiger partial charge in [-0.2, -0.15) is 0 Å². The van der Waals surface area contributed by atoms with Crippen molar-refractivity contribution in [2.45, 2.75) is 6.61 Å². The average molecular weight is 270 g/mol. The van der Waals surface area contributed by atoms with Gasteiger partial charge in [-0.1, -0.05) is 41.4 Å². The predicted octanol–water partition coefficient (Wildman–Crippen LogP) is 3.68. The van der Waals surface area contributed by atoms with Gasteiger partial charge in [-0.25, -0.2) is 4.79 Å². The molecular weight excluding hydrogens is 261 g/mol. The number of nitrogens with one attached hydrogen (secondary N) is 1. The smallest absolute Gasteiger partial charge is 0.355 e. The maximum absolute atomic E-state index is 11.6. The van der Waals surface area contributed by atoms with Gasteiger partial charge >= 0.3 is 5.97 Å². The number of aromatic amines is 1. The molecule has 0 radical (unpaired) electrons. The Morgan fingerprint density at radius 1 is 1.29 bits per heavy atom. The monoisotopic (exact) mass is 269 g/mol. The van der Waals surface area contributed by atoms with Crippen LogP contribution in [0, 0.1) is 0 Å². The molecule has 1 aromatic carbocycles. The van der Waals surface area contributed by atoms with Gasteiger partial charge in [0, 0.05) is 16.8 Å². The van der Waals surface area contributed by atoms with E-state index in [1.165, 1.54) is 12.3 Å². The van der Waals surface area contributed by atoms with Crippen molar-refractivity contribution >= 4 is 29.2 Å². The molecule has 0 saturated carbocycles. The zero-order valence-corrected chi connectivity index (χ0v) is 10.3. The van der Waals surface area contributed by atoms with Crippen LogP contribution in [0.25, 0.3) is 0 Å². The van der Waals surface area contributed by atoms with Crippen LogP contribution >= 0.6 is 23.2 Å². The fraction of sp³-hybridized carbons (Fsp3) is 0.0833. The number of halogens is 2. The molecule has 2 rings (SSSR count). The van der Waals surface area contributed by atoms with E-state index in [1.807, 2.05) is 12.1 Å². The molecule has 88 valence electrons. The number of esters is 1. The zero-order chi connectivity index (χ0) is 12.3. The predicted molar refractivity (Wildman–Crippen MR) is 66.4 cm³/mol. The van der Waals surface area contributed by atoms with Gasteiger partial charge in [0.2, 0.25) is 0 Å². The highest BCUT2D eigenvalue weighted by Gasteiger charge is 2.10. The van der Waals surface area contributed by atoms with E-state index >= 15 is 0 Å². The quantitative estimate of drug-likeness (QED) is 0.864. The van der Waals surface area contributed by atoms with Gasteiger partial charge in [0.1, 0.15) is 12.3 Å². The van der Waals surface area contributed by atoms with Crippen LogP contribution in [-0.2, 0) is 11.3 Å². The second-order valence-electron chi connectivity index (χ2n) is 3.40. The summed E-state index contributed by atoms with van der Waals surface area (Å²) in [6.07, 6.45) is 1.52. The molecule has 17 heavy (non-hydrogen) atoms. The Kier molecular flexibility index (Phi) is 3.71. The molecule has 1 aromatic heterocycles. The number of hydrogen-bond acceptors (Lipinski definition) is 2. The number of benzene rings is 1. The lowest BCUT2D eigenvalue weighted by Crippen LogP contribution is -2.05. The van der Waals surface area contributed by atoms with E-state index in [1.54, 1.807) is 12.1 Å². The van der Waals surface area contributed by atoms with Crippen LogP contribution in [0.2, 0.25) is 10.0 Å². The van der Waals surface area contributed by atoms with Crippen molar-refractivity contribution in [2.24, 2.45) is 0 Å². The summed E-state index contributed by atoms with van der Waals surface area (Å²) in [5, 5.41) is 1.04. The summed E-state index contributed by atoms with van der Waals surface area (Å²) in [6, 6.07) is 8.71. The third kappa shape index (κ3) is 3.02. The highest BCUT2D eigenvalue weighted by molar-refractivity contribution is 6.31. The maximum Gasteiger partial charge on any atom is 0.355 e. The lowest BCUT2D eigenvalue weighted by molar-refractivity contribution is 0.0466. The molecule has 0 aliphatic rings. The van der Waals surface area contributed by atoms with Crippen molar-refractivity contribution in [1.82, 2.24) is 4.98 Å². The number of ether oxygens (including phenoxy) is 1. The molecule has 1 heterocycles. The van der Waals surface area contributed by atoms with Crippen LogP contribution in [0.15, 0.2) is 36.5 Å². The van der Waals surface area contributed by atoms with E-state index in [0.717, 1.165) is 5.56 Å². The molecule has 0 fully saturated rings. The number of rotatable bonds is 3. The fourth-order valence-corrected chi connectivity index (χ4v) is 1.68. The molecule has 0 saturated heterocycles. The summed E-state index contributed by atoms with van der Waals surface area (Å²) >= 11 is 11.6. The first-order chi connectivity index (χ1) is 8.16. The van der Waals surface area contributed by atoms with Crippen LogP contribution in [0.4, 0.5) is 0 Å². The minimum absolute atomic E-state index is 0.134. The van der Waals surface area contributed by atoms with E-state index in [9.17, 15) is 4.79 Å². The molecule has 0 aliphatic heterocycles. The van der Waals surface area contributed by atoms with Crippen molar-refractivity contribution in [2.75, 3.05) is 0 Å². The Balaban J connectivity index is 1.99. The third-order valence-corrected chi connectivity index (χ3v) is 2.77. The number of carbonyl (C=O) groups is 1. The molecule has 2 aromatic rings. The third-order valence-electron chi connectivity index (χ3n) is 2.18. The van der Waals surface area contributed by atoms with E-state index in [4.69, 9.17) is 27.9 Å². The second kappa shape index (κ2) is 5.25. The fourth-order valence-electron chi connectivity index (χ4n) is 1.32. The lowest BCUT2D eigenvalue weighted by Gasteiger charge is -2.05. The summed E-state index contributed by atoms with van der Waals surface area (Å²) in [7, 11) is 0. The van der Waals surface area contributed by atoms with E-state index < -0.39 is 5.97 Å². The van der Waals surface area contributed by atoms with Crippen molar-refractivity contribution < 1.29 is 9.53 Å². The van der Waals surface area contributed by atoms with Crippen LogP contribution in [0.5, 0.6) is 0 Å². The van der Waals surface area contributed by atoms with Gasteiger partial charge in [-0.15, -0.1) is 0 Å². The normalized spacial score (nSPS) is 10.2. The van der Waals surface area contributed by atoms with Crippen molar-refractivity contribution in [3.05, 3.63) is 57.8 Å². The number of H-pyrrole nitrogens is 1. The summed E-state index contributed by atoms with van der Waals surface area (Å²) in [5.41, 5.74) is 1.09. The minimum atomic E-state index is -0.461. The van der Waals surface area contributed by atoms with Crippen molar-refractivity contribution in [1.29, 1.82) is 0 Å². The molecule has 0 unspecified atom stereocenters. The Labute approximate surface area is 108 Å². The Hall–Kier alpha value is -1.45. The van der Waals surface area contributed by atoms with E-state index in [2.05, 4.69) is 4.98 Å². The van der Waals surface area contributed by atoms with Crippen LogP contribution in [0.3, 0.4) is 0 Å². The molecule has 0 bridgehead atoms. The van der Waals surface area contributed by atoms with Gasteiger partial charge in [0.15, 0.2) is 0 Å². The standard InChI is InChI=1S/C12H9Cl2NO2/c13-9-5-11(15-6-9)12(16)17-7-8-3-1-2-4-10(8)14/h1-6,15H,7H2. The molecule has 3 nitrogen and oxygen atoms in total. The maximum atomic E-state index is 11.6. The lowest BCUT2D eigenvalue weighted by atomic mass is 10.2. The summed E-state index contributed by atoms with van der Waals surface area (Å²) in [5.74, 6) is -0.461. The summed E-state index contributed by atoms with van der Waals surface area (Å²) < 4.78 is 5.10. The van der Waals surface area contributed by atoms with Gasteiger partial charge < -0.3 is 9.72 Å². The molecule has 0 atom stereocenters.